The van der Waals surface area contributed by atoms with Crippen LogP contribution in [0.5, 0.6) is 6.01 Å². The molecule has 0 unspecified atom stereocenters. The number of nitrogens with zero attached hydrogens (tertiary/aromatic N) is 6. The Kier molecular flexibility index (Phi) is 6.33. The van der Waals surface area contributed by atoms with Gasteiger partial charge in [0.25, 0.3) is 0 Å². The average molecular weight is 413 g/mol. The molecule has 4 aromatic rings. The summed E-state index contributed by atoms with van der Waals surface area (Å²) >= 11 is 0. The third-order valence-corrected chi connectivity index (χ3v) is 4.77. The van der Waals surface area contributed by atoms with Gasteiger partial charge in [0.15, 0.2) is 0 Å². The van der Waals surface area contributed by atoms with E-state index in [2.05, 4.69) is 67.8 Å². The van der Waals surface area contributed by atoms with Crippen molar-refractivity contribution in [1.82, 2.24) is 35.4 Å². The van der Waals surface area contributed by atoms with Crippen molar-refractivity contribution < 1.29 is 4.74 Å². The topological polar surface area (TPSA) is 94.4 Å². The van der Waals surface area contributed by atoms with Crippen LogP contribution in [-0.2, 0) is 13.0 Å². The van der Waals surface area contributed by atoms with Crippen molar-refractivity contribution in [2.24, 2.45) is 0 Å². The van der Waals surface area contributed by atoms with Crippen molar-refractivity contribution in [3.8, 4) is 40.9 Å². The van der Waals surface area contributed by atoms with Crippen LogP contribution in [0.25, 0.3) is 22.5 Å². The van der Waals surface area contributed by atoms with E-state index in [1.54, 1.807) is 0 Å². The normalized spacial score (nSPS) is 10.7. The highest BCUT2D eigenvalue weighted by atomic mass is 16.5. The summed E-state index contributed by atoms with van der Waals surface area (Å²) in [5.74, 6) is 4.06. The molecule has 0 saturated carbocycles. The minimum absolute atomic E-state index is 0.402. The highest BCUT2D eigenvalue weighted by Crippen LogP contribution is 2.29. The van der Waals surface area contributed by atoms with Gasteiger partial charge in [-0.3, -0.25) is 0 Å². The van der Waals surface area contributed by atoms with Crippen LogP contribution >= 0.6 is 0 Å². The number of terminal acetylenes is 1. The zero-order valence-electron chi connectivity index (χ0n) is 17.3. The molecule has 0 aliphatic carbocycles. The van der Waals surface area contributed by atoms with E-state index in [0.29, 0.717) is 37.8 Å². The molecule has 0 bridgehead atoms. The average Bonchev–Trinajstić information content (AvgIpc) is 3.47. The first-order valence-corrected chi connectivity index (χ1v) is 10.2. The second kappa shape index (κ2) is 9.67. The molecule has 1 N–H and O–H groups in total. The summed E-state index contributed by atoms with van der Waals surface area (Å²) < 4.78 is 7.47. The number of ether oxygens (including phenoxy) is 1. The van der Waals surface area contributed by atoms with E-state index in [-0.39, 0.29) is 0 Å². The van der Waals surface area contributed by atoms with E-state index in [4.69, 9.17) is 11.2 Å². The van der Waals surface area contributed by atoms with Crippen molar-refractivity contribution in [3.05, 3.63) is 59.9 Å². The highest BCUT2D eigenvalue weighted by Gasteiger charge is 2.13. The van der Waals surface area contributed by atoms with E-state index < -0.39 is 0 Å². The van der Waals surface area contributed by atoms with Crippen LogP contribution in [0.3, 0.4) is 0 Å². The summed E-state index contributed by atoms with van der Waals surface area (Å²) in [6.45, 7) is 3.23. The SMILES string of the molecule is C#CCCc1nc(OCCC)nn1Cc1ccc(-c2ccccc2-c2nn[nH]n2)cc1. The molecule has 0 atom stereocenters. The number of hydrogen-bond donors (Lipinski definition) is 1. The number of aromatic amines is 1. The molecule has 0 aliphatic heterocycles. The molecule has 2 aromatic heterocycles. The Morgan fingerprint density at radius 1 is 1.10 bits per heavy atom. The first-order chi connectivity index (χ1) is 15.3. The number of H-pyrrole nitrogens is 1. The van der Waals surface area contributed by atoms with Gasteiger partial charge < -0.3 is 4.74 Å². The van der Waals surface area contributed by atoms with Crippen LogP contribution in [0.2, 0.25) is 0 Å². The Balaban J connectivity index is 1.56. The second-order valence-corrected chi connectivity index (χ2v) is 7.00. The Morgan fingerprint density at radius 3 is 2.61 bits per heavy atom. The Morgan fingerprint density at radius 2 is 1.90 bits per heavy atom. The highest BCUT2D eigenvalue weighted by molar-refractivity contribution is 5.80. The lowest BCUT2D eigenvalue weighted by Crippen LogP contribution is -2.07. The summed E-state index contributed by atoms with van der Waals surface area (Å²) in [6.07, 6.45) is 7.61. The summed E-state index contributed by atoms with van der Waals surface area (Å²) in [5.41, 5.74) is 4.15. The minimum Gasteiger partial charge on any atom is -0.462 e. The van der Waals surface area contributed by atoms with Crippen molar-refractivity contribution in [3.63, 3.8) is 0 Å². The van der Waals surface area contributed by atoms with Crippen molar-refractivity contribution in [2.75, 3.05) is 6.61 Å². The predicted octanol–water partition coefficient (Wildman–Crippen LogP) is 3.53. The molecule has 2 heterocycles. The predicted molar refractivity (Wildman–Crippen MR) is 117 cm³/mol. The van der Waals surface area contributed by atoms with Gasteiger partial charge in [-0.2, -0.15) is 10.2 Å². The molecule has 0 saturated heterocycles. The van der Waals surface area contributed by atoms with Gasteiger partial charge in [-0.05, 0) is 28.3 Å². The molecule has 156 valence electrons. The first kappa shape index (κ1) is 20.3. The zero-order chi connectivity index (χ0) is 21.5. The van der Waals surface area contributed by atoms with Crippen LogP contribution in [0.15, 0.2) is 48.5 Å². The molecular formula is C23H23N7O. The van der Waals surface area contributed by atoms with E-state index in [1.165, 1.54) is 0 Å². The van der Waals surface area contributed by atoms with Crippen LogP contribution in [0.1, 0.15) is 31.2 Å². The van der Waals surface area contributed by atoms with E-state index in [0.717, 1.165) is 34.5 Å². The Hall–Kier alpha value is -3.99. The number of aryl methyl sites for hydroxylation is 1. The molecule has 0 amide bonds. The third-order valence-electron chi connectivity index (χ3n) is 4.77. The minimum atomic E-state index is 0.402. The number of tetrazole rings is 1. The molecular weight excluding hydrogens is 390 g/mol. The maximum atomic E-state index is 5.61. The van der Waals surface area contributed by atoms with Crippen LogP contribution in [0.4, 0.5) is 0 Å². The van der Waals surface area contributed by atoms with Crippen molar-refractivity contribution >= 4 is 0 Å². The summed E-state index contributed by atoms with van der Waals surface area (Å²) in [7, 11) is 0. The molecule has 0 spiro atoms. The molecule has 4 rings (SSSR count). The maximum absolute atomic E-state index is 5.61. The summed E-state index contributed by atoms with van der Waals surface area (Å²) in [5, 5.41) is 18.9. The molecule has 8 heteroatoms. The quantitative estimate of drug-likeness (QED) is 0.422. The van der Waals surface area contributed by atoms with Crippen molar-refractivity contribution in [1.29, 1.82) is 0 Å². The monoisotopic (exact) mass is 413 g/mol. The van der Waals surface area contributed by atoms with Crippen LogP contribution in [0, 0.1) is 12.3 Å². The zero-order valence-corrected chi connectivity index (χ0v) is 17.3. The van der Waals surface area contributed by atoms with Gasteiger partial charge in [0.2, 0.25) is 5.82 Å². The van der Waals surface area contributed by atoms with E-state index >= 15 is 0 Å². The van der Waals surface area contributed by atoms with Gasteiger partial charge in [0.05, 0.1) is 13.2 Å². The van der Waals surface area contributed by atoms with Gasteiger partial charge in [-0.15, -0.1) is 27.6 Å². The van der Waals surface area contributed by atoms with Crippen LogP contribution in [-0.4, -0.2) is 42.0 Å². The summed E-state index contributed by atoms with van der Waals surface area (Å²) in [6, 6.07) is 16.7. The Labute approximate surface area is 180 Å². The molecule has 0 fully saturated rings. The van der Waals surface area contributed by atoms with Gasteiger partial charge in [-0.1, -0.05) is 55.5 Å². The number of nitrogens with one attached hydrogen (secondary N) is 1. The lowest BCUT2D eigenvalue weighted by Gasteiger charge is -2.09. The fourth-order valence-electron chi connectivity index (χ4n) is 3.27. The third kappa shape index (κ3) is 4.78. The van der Waals surface area contributed by atoms with Gasteiger partial charge in [0.1, 0.15) is 5.82 Å². The van der Waals surface area contributed by atoms with Gasteiger partial charge in [0, 0.05) is 18.4 Å². The largest absolute Gasteiger partial charge is 0.462 e. The summed E-state index contributed by atoms with van der Waals surface area (Å²) in [4.78, 5) is 4.50. The number of aromatic nitrogens is 7. The first-order valence-electron chi connectivity index (χ1n) is 10.2. The van der Waals surface area contributed by atoms with Crippen LogP contribution < -0.4 is 4.74 Å². The van der Waals surface area contributed by atoms with Gasteiger partial charge in [-0.25, -0.2) is 4.68 Å². The molecule has 0 aliphatic rings. The van der Waals surface area contributed by atoms with E-state index in [9.17, 15) is 0 Å². The molecule has 2 aromatic carbocycles. The standard InChI is InChI=1S/C23H23N7O/c1-3-5-10-21-24-23(31-15-4-2)27-30(21)16-17-11-13-18(14-12-17)19-8-6-7-9-20(19)22-25-28-29-26-22/h1,6-9,11-14H,4-5,10,15-16H2,2H3,(H,25,26,28,29). The second-order valence-electron chi connectivity index (χ2n) is 7.00. The Bertz CT molecular complexity index is 1160. The lowest BCUT2D eigenvalue weighted by atomic mass is 9.98. The molecule has 31 heavy (non-hydrogen) atoms. The number of hydrogen-bond acceptors (Lipinski definition) is 6. The fourth-order valence-corrected chi connectivity index (χ4v) is 3.27. The molecule has 8 nitrogen and oxygen atoms in total. The van der Waals surface area contributed by atoms with Gasteiger partial charge >= 0.3 is 6.01 Å². The maximum Gasteiger partial charge on any atom is 0.335 e. The van der Waals surface area contributed by atoms with Crippen molar-refractivity contribution in [2.45, 2.75) is 32.7 Å². The lowest BCUT2D eigenvalue weighted by molar-refractivity contribution is 0.291. The smallest absolute Gasteiger partial charge is 0.335 e. The number of rotatable bonds is 9. The van der Waals surface area contributed by atoms with E-state index in [1.807, 2.05) is 28.9 Å². The fraction of sp³-hybridized carbons (Fsp3) is 0.261. The number of benzene rings is 2. The molecule has 0 radical (unpaired) electrons.